The maximum atomic E-state index is 13.1. The van der Waals surface area contributed by atoms with Crippen LogP contribution in [0.15, 0.2) is 22.7 Å². The number of benzene rings is 1. The summed E-state index contributed by atoms with van der Waals surface area (Å²) in [7, 11) is 1.72. The highest BCUT2D eigenvalue weighted by Crippen LogP contribution is 2.17. The van der Waals surface area contributed by atoms with Crippen molar-refractivity contribution in [2.75, 3.05) is 20.2 Å². The summed E-state index contributed by atoms with van der Waals surface area (Å²) in [6.07, 6.45) is 2.50. The van der Waals surface area contributed by atoms with Crippen LogP contribution in [0, 0.1) is 5.82 Å². The number of aliphatic hydroxyl groups is 1. The Morgan fingerprint density at radius 2 is 2.11 bits per heavy atom. The van der Waals surface area contributed by atoms with Crippen LogP contribution < -0.4 is 0 Å². The van der Waals surface area contributed by atoms with Crippen LogP contribution >= 0.6 is 15.9 Å². The van der Waals surface area contributed by atoms with Gasteiger partial charge in [-0.2, -0.15) is 0 Å². The minimum Gasteiger partial charge on any atom is -0.396 e. The van der Waals surface area contributed by atoms with Crippen molar-refractivity contribution in [3.8, 4) is 0 Å². The van der Waals surface area contributed by atoms with Gasteiger partial charge in [-0.25, -0.2) is 4.39 Å². The summed E-state index contributed by atoms with van der Waals surface area (Å²) in [5.74, 6) is -0.503. The van der Waals surface area contributed by atoms with E-state index in [4.69, 9.17) is 5.11 Å². The van der Waals surface area contributed by atoms with Gasteiger partial charge in [0.2, 0.25) is 0 Å². The van der Waals surface area contributed by atoms with Crippen molar-refractivity contribution in [1.82, 2.24) is 4.90 Å². The van der Waals surface area contributed by atoms with Crippen LogP contribution in [0.3, 0.4) is 0 Å². The first kappa shape index (κ1) is 15.1. The Morgan fingerprint density at radius 3 is 2.72 bits per heavy atom. The Kier molecular flexibility index (Phi) is 6.29. The molecule has 0 saturated carbocycles. The number of halogens is 2. The van der Waals surface area contributed by atoms with Crippen LogP contribution in [0.2, 0.25) is 0 Å². The van der Waals surface area contributed by atoms with Crippen molar-refractivity contribution in [1.29, 1.82) is 0 Å². The van der Waals surface area contributed by atoms with Gasteiger partial charge in [0, 0.05) is 25.8 Å². The van der Waals surface area contributed by atoms with Crippen LogP contribution in [-0.4, -0.2) is 36.1 Å². The molecule has 1 N–H and O–H groups in total. The lowest BCUT2D eigenvalue weighted by Gasteiger charge is -2.17. The van der Waals surface area contributed by atoms with E-state index in [0.717, 1.165) is 19.3 Å². The number of carbonyl (C=O) groups excluding carboxylic acids is 1. The van der Waals surface area contributed by atoms with E-state index in [1.165, 1.54) is 18.2 Å². The predicted molar refractivity (Wildman–Crippen MR) is 72.0 cm³/mol. The van der Waals surface area contributed by atoms with Crippen LogP contribution in [0.5, 0.6) is 0 Å². The molecule has 18 heavy (non-hydrogen) atoms. The molecule has 1 amide bonds. The monoisotopic (exact) mass is 317 g/mol. The molecule has 0 atom stereocenters. The molecule has 0 aliphatic rings. The molecule has 0 heterocycles. The first-order valence-electron chi connectivity index (χ1n) is 5.87. The van der Waals surface area contributed by atoms with Gasteiger partial charge >= 0.3 is 0 Å². The fraction of sp³-hybridized carbons (Fsp3) is 0.462. The number of hydrogen-bond acceptors (Lipinski definition) is 2. The second kappa shape index (κ2) is 7.48. The molecule has 0 unspecified atom stereocenters. The third-order valence-electron chi connectivity index (χ3n) is 2.66. The molecular weight excluding hydrogens is 301 g/mol. The summed E-state index contributed by atoms with van der Waals surface area (Å²) in [5.41, 5.74) is 0.466. The fourth-order valence-electron chi connectivity index (χ4n) is 1.59. The van der Waals surface area contributed by atoms with Gasteiger partial charge in [-0.05, 0) is 53.4 Å². The molecule has 1 aromatic rings. The number of hydrogen-bond donors (Lipinski definition) is 1. The van der Waals surface area contributed by atoms with Gasteiger partial charge in [-0.1, -0.05) is 0 Å². The van der Waals surface area contributed by atoms with E-state index in [9.17, 15) is 9.18 Å². The van der Waals surface area contributed by atoms with Gasteiger partial charge in [0.25, 0.3) is 5.91 Å². The second-order valence-corrected chi connectivity index (χ2v) is 4.99. The van der Waals surface area contributed by atoms with Crippen molar-refractivity contribution >= 4 is 21.8 Å². The molecule has 0 radical (unpaired) electrons. The van der Waals surface area contributed by atoms with Crippen LogP contribution in [-0.2, 0) is 0 Å². The maximum Gasteiger partial charge on any atom is 0.253 e. The molecule has 0 aliphatic carbocycles. The Hall–Kier alpha value is -0.940. The Morgan fingerprint density at radius 1 is 1.39 bits per heavy atom. The average molecular weight is 318 g/mol. The topological polar surface area (TPSA) is 40.5 Å². The lowest BCUT2D eigenvalue weighted by atomic mass is 10.2. The minimum absolute atomic E-state index is 0.125. The summed E-state index contributed by atoms with van der Waals surface area (Å²) < 4.78 is 13.3. The summed E-state index contributed by atoms with van der Waals surface area (Å²) in [6.45, 7) is 0.816. The third-order valence-corrected chi connectivity index (χ3v) is 3.27. The molecule has 0 aliphatic heterocycles. The summed E-state index contributed by atoms with van der Waals surface area (Å²) in [6, 6.07) is 4.24. The summed E-state index contributed by atoms with van der Waals surface area (Å²) in [5, 5.41) is 8.65. The molecule has 1 rings (SSSR count). The Balaban J connectivity index is 2.54. The van der Waals surface area contributed by atoms with E-state index in [1.807, 2.05) is 0 Å². The van der Waals surface area contributed by atoms with Gasteiger partial charge < -0.3 is 10.0 Å². The van der Waals surface area contributed by atoms with Crippen molar-refractivity contribution < 1.29 is 14.3 Å². The zero-order valence-corrected chi connectivity index (χ0v) is 11.9. The molecular formula is C13H17BrFNO2. The molecule has 1 aromatic carbocycles. The second-order valence-electron chi connectivity index (χ2n) is 4.14. The number of unbranched alkanes of at least 4 members (excludes halogenated alkanes) is 2. The van der Waals surface area contributed by atoms with Crippen molar-refractivity contribution in [3.05, 3.63) is 34.1 Å². The molecule has 100 valence electrons. The average Bonchev–Trinajstić information content (AvgIpc) is 2.37. The predicted octanol–water partition coefficient (Wildman–Crippen LogP) is 2.82. The van der Waals surface area contributed by atoms with E-state index in [1.54, 1.807) is 11.9 Å². The lowest BCUT2D eigenvalue weighted by Crippen LogP contribution is -2.27. The zero-order valence-electron chi connectivity index (χ0n) is 10.3. The minimum atomic E-state index is -0.378. The van der Waals surface area contributed by atoms with Gasteiger partial charge in [0.05, 0.1) is 4.47 Å². The highest BCUT2D eigenvalue weighted by Gasteiger charge is 2.12. The first-order valence-corrected chi connectivity index (χ1v) is 6.67. The fourth-order valence-corrected chi connectivity index (χ4v) is 1.97. The van der Waals surface area contributed by atoms with Crippen molar-refractivity contribution in [2.45, 2.75) is 19.3 Å². The lowest BCUT2D eigenvalue weighted by molar-refractivity contribution is 0.0792. The number of nitrogens with zero attached hydrogens (tertiary/aromatic N) is 1. The Labute approximate surface area is 115 Å². The van der Waals surface area contributed by atoms with E-state index >= 15 is 0 Å². The standard InChI is InChI=1S/C13H17BrFNO2/c1-16(7-3-2-4-8-17)13(18)10-5-6-12(15)11(14)9-10/h5-6,9,17H,2-4,7-8H2,1H3. The molecule has 0 saturated heterocycles. The summed E-state index contributed by atoms with van der Waals surface area (Å²) >= 11 is 3.06. The molecule has 0 bridgehead atoms. The first-order chi connectivity index (χ1) is 8.56. The van der Waals surface area contributed by atoms with E-state index in [2.05, 4.69) is 15.9 Å². The maximum absolute atomic E-state index is 13.1. The smallest absolute Gasteiger partial charge is 0.253 e. The number of carbonyl (C=O) groups is 1. The van der Waals surface area contributed by atoms with Gasteiger partial charge in [-0.15, -0.1) is 0 Å². The SMILES string of the molecule is CN(CCCCCO)C(=O)c1ccc(F)c(Br)c1. The van der Waals surface area contributed by atoms with Crippen molar-refractivity contribution in [2.24, 2.45) is 0 Å². The van der Waals surface area contributed by atoms with Gasteiger partial charge in [0.15, 0.2) is 0 Å². The van der Waals surface area contributed by atoms with Crippen molar-refractivity contribution in [3.63, 3.8) is 0 Å². The third kappa shape index (κ3) is 4.38. The number of rotatable bonds is 6. The zero-order chi connectivity index (χ0) is 13.5. The Bertz CT molecular complexity index is 412. The van der Waals surface area contributed by atoms with E-state index in [0.29, 0.717) is 16.6 Å². The molecule has 0 aromatic heterocycles. The van der Waals surface area contributed by atoms with Gasteiger partial charge in [-0.3, -0.25) is 4.79 Å². The highest BCUT2D eigenvalue weighted by atomic mass is 79.9. The number of amides is 1. The molecule has 3 nitrogen and oxygen atoms in total. The molecule has 0 fully saturated rings. The van der Waals surface area contributed by atoms with Crippen LogP contribution in [0.4, 0.5) is 4.39 Å². The molecule has 5 heteroatoms. The summed E-state index contributed by atoms with van der Waals surface area (Å²) in [4.78, 5) is 13.6. The van der Waals surface area contributed by atoms with Gasteiger partial charge in [0.1, 0.15) is 5.82 Å². The van der Waals surface area contributed by atoms with E-state index in [-0.39, 0.29) is 18.3 Å². The highest BCUT2D eigenvalue weighted by molar-refractivity contribution is 9.10. The normalized spacial score (nSPS) is 10.4. The largest absolute Gasteiger partial charge is 0.396 e. The molecule has 0 spiro atoms. The number of aliphatic hydroxyl groups excluding tert-OH is 1. The van der Waals surface area contributed by atoms with Crippen LogP contribution in [0.25, 0.3) is 0 Å². The quantitative estimate of drug-likeness (QED) is 0.820. The van der Waals surface area contributed by atoms with Crippen LogP contribution in [0.1, 0.15) is 29.6 Å². The van der Waals surface area contributed by atoms with E-state index < -0.39 is 0 Å².